The summed E-state index contributed by atoms with van der Waals surface area (Å²) >= 11 is 0. The molecular formula is C52H39N. The number of benzene rings is 8. The Bertz CT molecular complexity index is 2710. The Morgan fingerprint density at radius 2 is 0.925 bits per heavy atom. The molecule has 53 heavy (non-hydrogen) atoms. The molecule has 0 N–H and O–H groups in total. The molecule has 9 rings (SSSR count). The van der Waals surface area contributed by atoms with Crippen molar-refractivity contribution in [2.75, 3.05) is 0 Å². The molecule has 1 heterocycles. The Morgan fingerprint density at radius 1 is 0.434 bits per heavy atom. The largest absolute Gasteiger partial charge is 0.309 e. The maximum atomic E-state index is 4.84. The molecule has 0 aliphatic heterocycles. The van der Waals surface area contributed by atoms with E-state index in [1.54, 1.807) is 0 Å². The number of rotatable bonds is 8. The van der Waals surface area contributed by atoms with Gasteiger partial charge in [0.15, 0.2) is 0 Å². The second-order valence-electron chi connectivity index (χ2n) is 13.9. The van der Waals surface area contributed by atoms with Gasteiger partial charge in [0.2, 0.25) is 0 Å². The van der Waals surface area contributed by atoms with Crippen molar-refractivity contribution in [1.29, 1.82) is 0 Å². The summed E-state index contributed by atoms with van der Waals surface area (Å²) in [6, 6.07) is 70.1. The fraction of sp³-hybridized carbons (Fsp3) is 0.0385. The number of aromatic nitrogens is 1. The van der Waals surface area contributed by atoms with Gasteiger partial charge in [-0.2, -0.15) is 0 Å². The first-order valence-corrected chi connectivity index (χ1v) is 18.3. The lowest BCUT2D eigenvalue weighted by molar-refractivity contribution is 1.17. The van der Waals surface area contributed by atoms with Crippen molar-refractivity contribution in [1.82, 2.24) is 4.57 Å². The van der Waals surface area contributed by atoms with E-state index in [2.05, 4.69) is 206 Å². The van der Waals surface area contributed by atoms with E-state index < -0.39 is 0 Å². The molecule has 0 unspecified atom stereocenters. The van der Waals surface area contributed by atoms with E-state index in [1.165, 1.54) is 83.0 Å². The van der Waals surface area contributed by atoms with E-state index in [0.29, 0.717) is 0 Å². The zero-order chi connectivity index (χ0) is 35.7. The van der Waals surface area contributed by atoms with E-state index in [-0.39, 0.29) is 0 Å². The average Bonchev–Trinajstić information content (AvgIpc) is 3.56. The van der Waals surface area contributed by atoms with Gasteiger partial charge in [-0.1, -0.05) is 183 Å². The lowest BCUT2D eigenvalue weighted by Crippen LogP contribution is -2.01. The topological polar surface area (TPSA) is 4.93 Å². The molecule has 0 aliphatic rings. The van der Waals surface area contributed by atoms with Crippen molar-refractivity contribution in [2.24, 2.45) is 0 Å². The lowest BCUT2D eigenvalue weighted by Gasteiger charge is -2.19. The second-order valence-corrected chi connectivity index (χ2v) is 13.9. The number of nitrogens with zero attached hydrogens (tertiary/aromatic N) is 1. The summed E-state index contributed by atoms with van der Waals surface area (Å²) in [7, 11) is 0. The quantitative estimate of drug-likeness (QED) is 0.151. The highest BCUT2D eigenvalue weighted by Gasteiger charge is 2.21. The van der Waals surface area contributed by atoms with Gasteiger partial charge >= 0.3 is 0 Å². The average molecular weight is 678 g/mol. The molecule has 0 spiro atoms. The Kier molecular flexibility index (Phi) is 8.38. The summed E-state index contributed by atoms with van der Waals surface area (Å²) < 4.78 is 2.45. The normalized spacial score (nSPS) is 11.3. The SMILES string of the molecule is C=C(Cc1ccc(-c2ccccc2)cc1)c1c(-c2ccccc2C)ccc2c3ccccc3n(-c3ccc(-c4ccc(-c5ccccc5)cc4)cc3)c12. The van der Waals surface area contributed by atoms with Crippen molar-refractivity contribution in [3.8, 4) is 50.2 Å². The smallest absolute Gasteiger partial charge is 0.0622 e. The molecule has 1 heteroatoms. The van der Waals surface area contributed by atoms with Gasteiger partial charge in [-0.05, 0) is 92.8 Å². The van der Waals surface area contributed by atoms with Gasteiger partial charge in [0, 0.05) is 22.0 Å². The van der Waals surface area contributed by atoms with Crippen LogP contribution in [0.3, 0.4) is 0 Å². The number of para-hydroxylation sites is 1. The minimum absolute atomic E-state index is 0.743. The van der Waals surface area contributed by atoms with Gasteiger partial charge in [-0.25, -0.2) is 0 Å². The third-order valence-electron chi connectivity index (χ3n) is 10.6. The van der Waals surface area contributed by atoms with E-state index >= 15 is 0 Å². The molecule has 0 bridgehead atoms. The molecule has 0 atom stereocenters. The predicted molar refractivity (Wildman–Crippen MR) is 226 cm³/mol. The monoisotopic (exact) mass is 677 g/mol. The summed E-state index contributed by atoms with van der Waals surface area (Å²) in [5.74, 6) is 0. The highest BCUT2D eigenvalue weighted by atomic mass is 15.0. The van der Waals surface area contributed by atoms with Crippen molar-refractivity contribution < 1.29 is 0 Å². The second kappa shape index (κ2) is 13.8. The fourth-order valence-corrected chi connectivity index (χ4v) is 7.85. The molecule has 252 valence electrons. The Morgan fingerprint density at radius 3 is 1.53 bits per heavy atom. The first-order chi connectivity index (χ1) is 26.1. The van der Waals surface area contributed by atoms with Gasteiger partial charge in [0.25, 0.3) is 0 Å². The summed E-state index contributed by atoms with van der Waals surface area (Å²) in [6.07, 6.45) is 0.743. The summed E-state index contributed by atoms with van der Waals surface area (Å²) in [5, 5.41) is 2.47. The Hall–Kier alpha value is -6.70. The Labute approximate surface area is 311 Å². The van der Waals surface area contributed by atoms with Crippen LogP contribution in [0.25, 0.3) is 77.6 Å². The molecule has 0 aliphatic carbocycles. The summed E-state index contributed by atoms with van der Waals surface area (Å²) in [5.41, 5.74) is 18.0. The van der Waals surface area contributed by atoms with Crippen LogP contribution in [0.1, 0.15) is 16.7 Å². The third-order valence-corrected chi connectivity index (χ3v) is 10.6. The third kappa shape index (κ3) is 6.07. The van der Waals surface area contributed by atoms with E-state index in [0.717, 1.165) is 17.7 Å². The predicted octanol–water partition coefficient (Wildman–Crippen LogP) is 14.0. The van der Waals surface area contributed by atoms with Crippen LogP contribution in [-0.2, 0) is 6.42 Å². The first kappa shape index (κ1) is 32.2. The molecule has 0 radical (unpaired) electrons. The van der Waals surface area contributed by atoms with Gasteiger partial charge < -0.3 is 4.57 Å². The highest BCUT2D eigenvalue weighted by molar-refractivity contribution is 6.14. The maximum absolute atomic E-state index is 4.84. The van der Waals surface area contributed by atoms with Crippen LogP contribution in [0.5, 0.6) is 0 Å². The molecule has 0 fully saturated rings. The van der Waals surface area contributed by atoms with Crippen LogP contribution < -0.4 is 0 Å². The van der Waals surface area contributed by atoms with Crippen molar-refractivity contribution in [2.45, 2.75) is 13.3 Å². The van der Waals surface area contributed by atoms with Gasteiger partial charge in [0.05, 0.1) is 11.0 Å². The van der Waals surface area contributed by atoms with Crippen LogP contribution in [-0.4, -0.2) is 4.57 Å². The Balaban J connectivity index is 1.17. The summed E-state index contributed by atoms with van der Waals surface area (Å²) in [6.45, 7) is 7.04. The van der Waals surface area contributed by atoms with Crippen LogP contribution in [0.2, 0.25) is 0 Å². The van der Waals surface area contributed by atoms with Crippen LogP contribution in [0, 0.1) is 6.92 Å². The van der Waals surface area contributed by atoms with Crippen molar-refractivity contribution in [3.63, 3.8) is 0 Å². The number of hydrogen-bond donors (Lipinski definition) is 0. The van der Waals surface area contributed by atoms with Gasteiger partial charge in [0.1, 0.15) is 0 Å². The molecule has 8 aromatic carbocycles. The number of allylic oxidation sites excluding steroid dienone is 1. The minimum Gasteiger partial charge on any atom is -0.309 e. The molecule has 0 saturated heterocycles. The highest BCUT2D eigenvalue weighted by Crippen LogP contribution is 2.43. The van der Waals surface area contributed by atoms with Crippen LogP contribution in [0.4, 0.5) is 0 Å². The van der Waals surface area contributed by atoms with E-state index in [4.69, 9.17) is 6.58 Å². The molecule has 1 aromatic heterocycles. The standard InChI is InChI=1S/C52H39N/c1-36-13-9-10-18-46(36)48-33-34-49-47-19-11-12-20-50(47)53(45-31-29-44(30-32-45)43-27-25-42(26-28-43)40-16-7-4-8-17-40)52(49)51(48)37(2)35-38-21-23-41(24-22-38)39-14-5-3-6-15-39/h3-34H,2,35H2,1H3. The fourth-order valence-electron chi connectivity index (χ4n) is 7.85. The summed E-state index contributed by atoms with van der Waals surface area (Å²) in [4.78, 5) is 0. The maximum Gasteiger partial charge on any atom is 0.0622 e. The molecular weight excluding hydrogens is 639 g/mol. The zero-order valence-corrected chi connectivity index (χ0v) is 29.8. The lowest BCUT2D eigenvalue weighted by atomic mass is 9.88. The molecule has 0 amide bonds. The van der Waals surface area contributed by atoms with E-state index in [1.807, 2.05) is 0 Å². The number of hydrogen-bond acceptors (Lipinski definition) is 0. The van der Waals surface area contributed by atoms with Crippen LogP contribution in [0.15, 0.2) is 201 Å². The number of fused-ring (bicyclic) bond motifs is 3. The van der Waals surface area contributed by atoms with Crippen molar-refractivity contribution in [3.05, 3.63) is 217 Å². The van der Waals surface area contributed by atoms with Crippen LogP contribution >= 0.6 is 0 Å². The minimum atomic E-state index is 0.743. The van der Waals surface area contributed by atoms with E-state index in [9.17, 15) is 0 Å². The molecule has 1 nitrogen and oxygen atoms in total. The van der Waals surface area contributed by atoms with Gasteiger partial charge in [-0.15, -0.1) is 0 Å². The first-order valence-electron chi connectivity index (χ1n) is 18.3. The molecule has 0 saturated carbocycles. The zero-order valence-electron chi connectivity index (χ0n) is 29.8. The number of aryl methyl sites for hydroxylation is 1. The molecule has 9 aromatic rings. The van der Waals surface area contributed by atoms with Gasteiger partial charge in [-0.3, -0.25) is 0 Å². The van der Waals surface area contributed by atoms with Crippen molar-refractivity contribution >= 4 is 27.4 Å².